The maximum absolute atomic E-state index is 5.91. The van der Waals surface area contributed by atoms with E-state index < -0.39 is 0 Å². The molecule has 0 aliphatic heterocycles. The van der Waals surface area contributed by atoms with Crippen molar-refractivity contribution < 1.29 is 9.15 Å². The van der Waals surface area contributed by atoms with Gasteiger partial charge in [0.1, 0.15) is 5.75 Å². The molecule has 0 saturated heterocycles. The third-order valence-corrected chi connectivity index (χ3v) is 2.88. The van der Waals surface area contributed by atoms with Gasteiger partial charge in [0.2, 0.25) is 5.89 Å². The molecule has 5 nitrogen and oxygen atoms in total. The van der Waals surface area contributed by atoms with Crippen LogP contribution in [0.25, 0.3) is 0 Å². The first-order valence-electron chi connectivity index (χ1n) is 6.64. The monoisotopic (exact) mass is 295 g/mol. The van der Waals surface area contributed by atoms with Crippen LogP contribution in [0.1, 0.15) is 38.2 Å². The van der Waals surface area contributed by atoms with E-state index in [0.717, 1.165) is 13.0 Å². The predicted octanol–water partition coefficient (Wildman–Crippen LogP) is 3.36. The molecule has 20 heavy (non-hydrogen) atoms. The Bertz CT molecular complexity index is 545. The number of hydrogen-bond donors (Lipinski definition) is 1. The second-order valence-corrected chi connectivity index (χ2v) is 4.86. The van der Waals surface area contributed by atoms with Gasteiger partial charge >= 0.3 is 0 Å². The van der Waals surface area contributed by atoms with Crippen LogP contribution in [-0.4, -0.2) is 16.7 Å². The van der Waals surface area contributed by atoms with E-state index in [1.807, 2.05) is 19.1 Å². The molecule has 1 aromatic heterocycles. The van der Waals surface area contributed by atoms with Crippen LogP contribution in [0.5, 0.6) is 5.75 Å². The fourth-order valence-electron chi connectivity index (χ4n) is 1.67. The van der Waals surface area contributed by atoms with Crippen molar-refractivity contribution in [2.24, 2.45) is 0 Å². The quantitative estimate of drug-likeness (QED) is 0.794. The SMILES string of the molecule is CCCNCc1nnc(C(C)Oc2cccc(Cl)c2)o1. The van der Waals surface area contributed by atoms with Gasteiger partial charge in [-0.1, -0.05) is 24.6 Å². The maximum Gasteiger partial charge on any atom is 0.256 e. The molecule has 0 aliphatic rings. The Hall–Kier alpha value is -1.59. The highest BCUT2D eigenvalue weighted by atomic mass is 35.5. The fraction of sp³-hybridized carbons (Fsp3) is 0.429. The van der Waals surface area contributed by atoms with Gasteiger partial charge in [0.05, 0.1) is 6.54 Å². The van der Waals surface area contributed by atoms with Gasteiger partial charge in [-0.3, -0.25) is 0 Å². The van der Waals surface area contributed by atoms with Crippen LogP contribution in [-0.2, 0) is 6.54 Å². The first kappa shape index (κ1) is 14.8. The van der Waals surface area contributed by atoms with E-state index in [9.17, 15) is 0 Å². The van der Waals surface area contributed by atoms with E-state index in [2.05, 4.69) is 22.4 Å². The average molecular weight is 296 g/mol. The predicted molar refractivity (Wildman–Crippen MR) is 76.8 cm³/mol. The molecule has 0 radical (unpaired) electrons. The molecule has 0 bridgehead atoms. The van der Waals surface area contributed by atoms with Gasteiger partial charge in [-0.05, 0) is 38.1 Å². The molecule has 0 spiro atoms. The van der Waals surface area contributed by atoms with Crippen molar-refractivity contribution in [3.63, 3.8) is 0 Å². The summed E-state index contributed by atoms with van der Waals surface area (Å²) in [4.78, 5) is 0. The number of benzene rings is 1. The number of nitrogens with zero attached hydrogens (tertiary/aromatic N) is 2. The fourth-order valence-corrected chi connectivity index (χ4v) is 1.85. The lowest BCUT2D eigenvalue weighted by Crippen LogP contribution is -2.13. The smallest absolute Gasteiger partial charge is 0.256 e. The summed E-state index contributed by atoms with van der Waals surface area (Å²) < 4.78 is 11.3. The van der Waals surface area contributed by atoms with Crippen molar-refractivity contribution in [1.29, 1.82) is 0 Å². The molecule has 1 atom stereocenters. The lowest BCUT2D eigenvalue weighted by atomic mass is 10.3. The van der Waals surface area contributed by atoms with Crippen molar-refractivity contribution in [1.82, 2.24) is 15.5 Å². The van der Waals surface area contributed by atoms with Gasteiger partial charge in [-0.25, -0.2) is 0 Å². The Morgan fingerprint density at radius 2 is 2.25 bits per heavy atom. The number of rotatable bonds is 7. The summed E-state index contributed by atoms with van der Waals surface area (Å²) in [7, 11) is 0. The van der Waals surface area contributed by atoms with Crippen LogP contribution in [0, 0.1) is 0 Å². The van der Waals surface area contributed by atoms with Gasteiger partial charge in [-0.15, -0.1) is 10.2 Å². The minimum atomic E-state index is -0.319. The van der Waals surface area contributed by atoms with Crippen LogP contribution in [0.2, 0.25) is 5.02 Å². The van der Waals surface area contributed by atoms with Crippen molar-refractivity contribution >= 4 is 11.6 Å². The highest BCUT2D eigenvalue weighted by Crippen LogP contribution is 2.23. The summed E-state index contributed by atoms with van der Waals surface area (Å²) in [5, 5.41) is 11.8. The minimum Gasteiger partial charge on any atom is -0.481 e. The lowest BCUT2D eigenvalue weighted by molar-refractivity contribution is 0.185. The maximum atomic E-state index is 5.91. The van der Waals surface area contributed by atoms with Gasteiger partial charge in [0.25, 0.3) is 5.89 Å². The Morgan fingerprint density at radius 3 is 3.00 bits per heavy atom. The zero-order valence-corrected chi connectivity index (χ0v) is 12.4. The number of nitrogens with one attached hydrogen (secondary N) is 1. The Labute approximate surface area is 123 Å². The molecule has 1 N–H and O–H groups in total. The van der Waals surface area contributed by atoms with Crippen LogP contribution in [0.15, 0.2) is 28.7 Å². The van der Waals surface area contributed by atoms with Gasteiger partial charge in [0.15, 0.2) is 6.10 Å². The summed E-state index contributed by atoms with van der Waals surface area (Å²) in [6.45, 7) is 5.46. The molecular formula is C14H18ClN3O2. The second-order valence-electron chi connectivity index (χ2n) is 4.43. The normalized spacial score (nSPS) is 12.3. The van der Waals surface area contributed by atoms with E-state index in [4.69, 9.17) is 20.8 Å². The molecule has 0 saturated carbocycles. The van der Waals surface area contributed by atoms with Crippen molar-refractivity contribution in [2.75, 3.05) is 6.54 Å². The minimum absolute atomic E-state index is 0.319. The largest absolute Gasteiger partial charge is 0.481 e. The molecule has 0 aliphatic carbocycles. The summed E-state index contributed by atoms with van der Waals surface area (Å²) in [5.74, 6) is 1.70. The summed E-state index contributed by atoms with van der Waals surface area (Å²) in [5.41, 5.74) is 0. The van der Waals surface area contributed by atoms with E-state index >= 15 is 0 Å². The molecule has 0 fully saturated rings. The first-order chi connectivity index (χ1) is 9.69. The number of hydrogen-bond acceptors (Lipinski definition) is 5. The number of ether oxygens (including phenoxy) is 1. The van der Waals surface area contributed by atoms with Crippen molar-refractivity contribution in [3.8, 4) is 5.75 Å². The Morgan fingerprint density at radius 1 is 1.40 bits per heavy atom. The first-order valence-corrected chi connectivity index (χ1v) is 7.02. The number of aromatic nitrogens is 2. The van der Waals surface area contributed by atoms with E-state index in [1.54, 1.807) is 12.1 Å². The third-order valence-electron chi connectivity index (χ3n) is 2.64. The lowest BCUT2D eigenvalue weighted by Gasteiger charge is -2.10. The molecule has 1 aromatic carbocycles. The van der Waals surface area contributed by atoms with Crippen molar-refractivity contribution in [2.45, 2.75) is 32.9 Å². The molecule has 0 amide bonds. The zero-order valence-electron chi connectivity index (χ0n) is 11.6. The summed E-state index contributed by atoms with van der Waals surface area (Å²) in [6, 6.07) is 7.21. The van der Waals surface area contributed by atoms with Gasteiger partial charge < -0.3 is 14.5 Å². The van der Waals surface area contributed by atoms with Crippen LogP contribution in [0.4, 0.5) is 0 Å². The summed E-state index contributed by atoms with van der Waals surface area (Å²) >= 11 is 5.91. The summed E-state index contributed by atoms with van der Waals surface area (Å²) in [6.07, 6.45) is 0.746. The molecule has 2 rings (SSSR count). The molecule has 1 unspecified atom stereocenters. The Balaban J connectivity index is 1.93. The molecule has 108 valence electrons. The molecule has 1 heterocycles. The van der Waals surface area contributed by atoms with Crippen molar-refractivity contribution in [3.05, 3.63) is 41.1 Å². The topological polar surface area (TPSA) is 60.2 Å². The van der Waals surface area contributed by atoms with Gasteiger partial charge in [0, 0.05) is 5.02 Å². The average Bonchev–Trinajstić information content (AvgIpc) is 2.88. The molecule has 2 aromatic rings. The highest BCUT2D eigenvalue weighted by Gasteiger charge is 2.15. The van der Waals surface area contributed by atoms with Crippen LogP contribution >= 0.6 is 11.6 Å². The van der Waals surface area contributed by atoms with Gasteiger partial charge in [-0.2, -0.15) is 0 Å². The molecule has 6 heteroatoms. The van der Waals surface area contributed by atoms with E-state index in [0.29, 0.717) is 29.1 Å². The molecular weight excluding hydrogens is 278 g/mol. The van der Waals surface area contributed by atoms with E-state index in [1.165, 1.54) is 0 Å². The third kappa shape index (κ3) is 4.21. The standard InChI is InChI=1S/C14H18ClN3O2/c1-3-7-16-9-13-17-18-14(20-13)10(2)19-12-6-4-5-11(15)8-12/h4-6,8,10,16H,3,7,9H2,1-2H3. The number of halogens is 1. The van der Waals surface area contributed by atoms with Crippen LogP contribution in [0.3, 0.4) is 0 Å². The second kappa shape index (κ2) is 7.26. The van der Waals surface area contributed by atoms with Crippen LogP contribution < -0.4 is 10.1 Å². The Kier molecular flexibility index (Phi) is 5.38. The van der Waals surface area contributed by atoms with E-state index in [-0.39, 0.29) is 6.10 Å². The zero-order chi connectivity index (χ0) is 14.4. The highest BCUT2D eigenvalue weighted by molar-refractivity contribution is 6.30.